The summed E-state index contributed by atoms with van der Waals surface area (Å²) in [5.41, 5.74) is 1.99. The number of hydrogen-bond acceptors (Lipinski definition) is 4. The molecular weight excluding hydrogens is 454 g/mol. The van der Waals surface area contributed by atoms with E-state index < -0.39 is 5.97 Å². The number of nitrogens with zero attached hydrogens (tertiary/aromatic N) is 1. The summed E-state index contributed by atoms with van der Waals surface area (Å²) in [5.74, 6) is 2.52. The number of anilines is 1. The number of rotatable bonds is 8. The first-order valence-corrected chi connectivity index (χ1v) is 13.8. The van der Waals surface area contributed by atoms with Gasteiger partial charge in [-0.25, -0.2) is 9.78 Å². The smallest absolute Gasteiger partial charge is 0.335 e. The van der Waals surface area contributed by atoms with Crippen LogP contribution < -0.4 is 5.32 Å². The summed E-state index contributed by atoms with van der Waals surface area (Å²) in [6.45, 7) is 1.11. The first-order valence-electron chi connectivity index (χ1n) is 13.8. The number of aromatic carboxylic acids is 1. The van der Waals surface area contributed by atoms with Crippen LogP contribution in [0.15, 0.2) is 24.3 Å². The third-order valence-electron chi connectivity index (χ3n) is 9.19. The standard InChI is InChI=1S/C29H37N3O4/c33-27(30-23-8-4-7-22(12-23)28(34)35)25-24(31-26(32-25)21-5-2-1-3-6-21)16-36-17-29-13-18-9-19(14-29)11-20(10-18)15-29/h4,7-8,12,18-21H,1-3,5-6,9-11,13-17H2,(H,30,33)(H,31,32)(H,34,35). The molecule has 1 heterocycles. The van der Waals surface area contributed by atoms with Gasteiger partial charge in [-0.1, -0.05) is 25.3 Å². The van der Waals surface area contributed by atoms with Gasteiger partial charge in [0.05, 0.1) is 24.5 Å². The number of ether oxygens (including phenoxy) is 1. The summed E-state index contributed by atoms with van der Waals surface area (Å²) >= 11 is 0. The van der Waals surface area contributed by atoms with Crippen LogP contribution in [0.2, 0.25) is 0 Å². The highest BCUT2D eigenvalue weighted by atomic mass is 16.5. The highest BCUT2D eigenvalue weighted by molar-refractivity contribution is 6.04. The summed E-state index contributed by atoms with van der Waals surface area (Å²) in [4.78, 5) is 32.9. The van der Waals surface area contributed by atoms with Crippen molar-refractivity contribution in [2.45, 2.75) is 83.2 Å². The first-order chi connectivity index (χ1) is 17.5. The molecule has 0 unspecified atom stereocenters. The molecule has 0 aliphatic heterocycles. The zero-order valence-electron chi connectivity index (χ0n) is 20.9. The molecule has 0 radical (unpaired) electrons. The van der Waals surface area contributed by atoms with E-state index >= 15 is 0 Å². The number of nitrogens with one attached hydrogen (secondary N) is 2. The molecule has 7 rings (SSSR count). The van der Waals surface area contributed by atoms with E-state index in [9.17, 15) is 14.7 Å². The monoisotopic (exact) mass is 491 g/mol. The molecule has 36 heavy (non-hydrogen) atoms. The predicted octanol–water partition coefficient (Wildman–Crippen LogP) is 6.14. The normalized spacial score (nSPS) is 29.4. The Balaban J connectivity index is 1.18. The molecule has 5 aliphatic carbocycles. The first kappa shape index (κ1) is 23.7. The van der Waals surface area contributed by atoms with E-state index in [-0.39, 0.29) is 11.5 Å². The number of aromatic amines is 1. The highest BCUT2D eigenvalue weighted by Gasteiger charge is 2.50. The molecule has 5 fully saturated rings. The molecule has 2 aromatic rings. The molecule has 1 amide bonds. The van der Waals surface area contributed by atoms with Crippen molar-refractivity contribution in [2.75, 3.05) is 11.9 Å². The van der Waals surface area contributed by atoms with E-state index in [1.165, 1.54) is 69.9 Å². The number of carboxylic acid groups (broad SMARTS) is 1. The van der Waals surface area contributed by atoms with Crippen LogP contribution in [0.25, 0.3) is 0 Å². The van der Waals surface area contributed by atoms with E-state index in [1.54, 1.807) is 12.1 Å². The van der Waals surface area contributed by atoms with Crippen molar-refractivity contribution in [1.29, 1.82) is 0 Å². The second-order valence-electron chi connectivity index (χ2n) is 12.0. The molecule has 192 valence electrons. The molecule has 7 heteroatoms. The predicted molar refractivity (Wildman–Crippen MR) is 136 cm³/mol. The Morgan fingerprint density at radius 2 is 1.75 bits per heavy atom. The molecule has 1 aromatic heterocycles. The van der Waals surface area contributed by atoms with Crippen molar-refractivity contribution in [3.05, 3.63) is 47.0 Å². The lowest BCUT2D eigenvalue weighted by atomic mass is 9.50. The minimum absolute atomic E-state index is 0.136. The molecule has 5 aliphatic rings. The van der Waals surface area contributed by atoms with Gasteiger partial charge < -0.3 is 20.1 Å². The van der Waals surface area contributed by atoms with E-state index in [2.05, 4.69) is 10.3 Å². The number of benzene rings is 1. The fraction of sp³-hybridized carbons (Fsp3) is 0.621. The van der Waals surface area contributed by atoms with Crippen LogP contribution in [0.1, 0.15) is 109 Å². The maximum atomic E-state index is 13.3. The van der Waals surface area contributed by atoms with Gasteiger partial charge in [0.2, 0.25) is 0 Å². The van der Waals surface area contributed by atoms with Gasteiger partial charge in [-0.05, 0) is 92.7 Å². The molecule has 1 aromatic carbocycles. The van der Waals surface area contributed by atoms with Crippen molar-refractivity contribution in [3.8, 4) is 0 Å². The summed E-state index contributed by atoms with van der Waals surface area (Å²) in [6, 6.07) is 6.31. The lowest BCUT2D eigenvalue weighted by Gasteiger charge is -2.56. The van der Waals surface area contributed by atoms with Crippen LogP contribution in [-0.2, 0) is 11.3 Å². The van der Waals surface area contributed by atoms with Crippen LogP contribution >= 0.6 is 0 Å². The van der Waals surface area contributed by atoms with E-state index in [0.717, 1.165) is 48.7 Å². The zero-order valence-corrected chi connectivity index (χ0v) is 20.9. The van der Waals surface area contributed by atoms with Gasteiger partial charge >= 0.3 is 5.97 Å². The molecular formula is C29H37N3O4. The maximum Gasteiger partial charge on any atom is 0.335 e. The van der Waals surface area contributed by atoms with Gasteiger partial charge in [0.25, 0.3) is 5.91 Å². The summed E-state index contributed by atoms with van der Waals surface area (Å²) in [5, 5.41) is 12.1. The zero-order chi connectivity index (χ0) is 24.7. The number of amides is 1. The van der Waals surface area contributed by atoms with Crippen molar-refractivity contribution < 1.29 is 19.4 Å². The molecule has 3 N–H and O–H groups in total. The fourth-order valence-corrected chi connectivity index (χ4v) is 8.05. The van der Waals surface area contributed by atoms with Crippen molar-refractivity contribution in [3.63, 3.8) is 0 Å². The summed E-state index contributed by atoms with van der Waals surface area (Å²) in [6.07, 6.45) is 13.9. The molecule has 0 saturated heterocycles. The number of H-pyrrole nitrogens is 1. The molecule has 7 nitrogen and oxygen atoms in total. The molecule has 4 bridgehead atoms. The van der Waals surface area contributed by atoms with Gasteiger partial charge in [0.15, 0.2) is 5.69 Å². The minimum Gasteiger partial charge on any atom is -0.478 e. The Morgan fingerprint density at radius 1 is 1.06 bits per heavy atom. The van der Waals surface area contributed by atoms with Crippen LogP contribution in [0.3, 0.4) is 0 Å². The van der Waals surface area contributed by atoms with Crippen molar-refractivity contribution in [1.82, 2.24) is 9.97 Å². The number of imidazole rings is 1. The number of carbonyl (C=O) groups excluding carboxylic acids is 1. The number of carbonyl (C=O) groups is 2. The average Bonchev–Trinajstić information content (AvgIpc) is 3.28. The lowest BCUT2D eigenvalue weighted by molar-refractivity contribution is -0.0997. The Hall–Kier alpha value is -2.67. The maximum absolute atomic E-state index is 13.3. The summed E-state index contributed by atoms with van der Waals surface area (Å²) in [7, 11) is 0. The third kappa shape index (κ3) is 4.82. The molecule has 0 spiro atoms. The van der Waals surface area contributed by atoms with E-state index in [0.29, 0.717) is 29.3 Å². The Labute approximate surface area is 212 Å². The van der Waals surface area contributed by atoms with E-state index in [4.69, 9.17) is 9.72 Å². The van der Waals surface area contributed by atoms with Gasteiger partial charge in [-0.2, -0.15) is 0 Å². The van der Waals surface area contributed by atoms with Crippen LogP contribution in [0, 0.1) is 23.2 Å². The molecule has 0 atom stereocenters. The van der Waals surface area contributed by atoms with Crippen molar-refractivity contribution >= 4 is 17.6 Å². The fourth-order valence-electron chi connectivity index (χ4n) is 8.05. The van der Waals surface area contributed by atoms with Gasteiger partial charge in [-0.15, -0.1) is 0 Å². The molecule has 5 saturated carbocycles. The largest absolute Gasteiger partial charge is 0.478 e. The third-order valence-corrected chi connectivity index (χ3v) is 9.19. The SMILES string of the molecule is O=C(O)c1cccc(NC(=O)c2nc(C3CCCCC3)[nH]c2COCC23CC4CC(CC(C4)C2)C3)c1. The van der Waals surface area contributed by atoms with Crippen LogP contribution in [0.5, 0.6) is 0 Å². The average molecular weight is 492 g/mol. The number of carboxylic acids is 1. The summed E-state index contributed by atoms with van der Waals surface area (Å²) < 4.78 is 6.37. The van der Waals surface area contributed by atoms with Crippen molar-refractivity contribution in [2.24, 2.45) is 23.2 Å². The Bertz CT molecular complexity index is 1100. The van der Waals surface area contributed by atoms with Gasteiger partial charge in [0.1, 0.15) is 5.82 Å². The van der Waals surface area contributed by atoms with Crippen LogP contribution in [0.4, 0.5) is 5.69 Å². The second-order valence-corrected chi connectivity index (χ2v) is 12.0. The van der Waals surface area contributed by atoms with E-state index in [1.807, 2.05) is 0 Å². The Kier molecular flexibility index (Phi) is 6.36. The highest BCUT2D eigenvalue weighted by Crippen LogP contribution is 2.60. The number of hydrogen-bond donors (Lipinski definition) is 3. The lowest BCUT2D eigenvalue weighted by Crippen LogP contribution is -2.48. The number of aromatic nitrogens is 2. The van der Waals surface area contributed by atoms with Gasteiger partial charge in [-0.3, -0.25) is 4.79 Å². The van der Waals surface area contributed by atoms with Gasteiger partial charge in [0, 0.05) is 11.6 Å². The quantitative estimate of drug-likeness (QED) is 0.411. The van der Waals surface area contributed by atoms with Crippen LogP contribution in [-0.4, -0.2) is 33.6 Å². The minimum atomic E-state index is -1.02. The Morgan fingerprint density at radius 3 is 2.42 bits per heavy atom. The second kappa shape index (κ2) is 9.66. The topological polar surface area (TPSA) is 104 Å².